The fourth-order valence-electron chi connectivity index (χ4n) is 2.91. The molecule has 1 aromatic rings. The number of halogens is 1. The first-order valence-corrected chi connectivity index (χ1v) is 10.3. The standard InChI is InChI=1S/C22H38N4O2.HI/c1-7-23-22(25-15-13-20(17(3)4)28-8-2)24-14-12-18-10-9-11-19(16-18)21(27)26(5)6;/h9-11,16-17,20H,7-8,12-15H2,1-6H3,(H2,23,24,25);1H. The van der Waals surface area contributed by atoms with Crippen molar-refractivity contribution in [1.82, 2.24) is 15.5 Å². The van der Waals surface area contributed by atoms with Crippen LogP contribution in [0.25, 0.3) is 0 Å². The molecule has 7 heteroatoms. The lowest BCUT2D eigenvalue weighted by Gasteiger charge is -2.20. The van der Waals surface area contributed by atoms with E-state index >= 15 is 0 Å². The second-order valence-electron chi connectivity index (χ2n) is 7.36. The zero-order valence-electron chi connectivity index (χ0n) is 18.8. The first-order valence-electron chi connectivity index (χ1n) is 10.3. The average molecular weight is 518 g/mol. The van der Waals surface area contributed by atoms with Gasteiger partial charge in [0.1, 0.15) is 0 Å². The van der Waals surface area contributed by atoms with Crippen molar-refractivity contribution in [3.63, 3.8) is 0 Å². The maximum absolute atomic E-state index is 12.1. The van der Waals surface area contributed by atoms with E-state index in [0.717, 1.165) is 56.2 Å². The lowest BCUT2D eigenvalue weighted by Crippen LogP contribution is -2.38. The highest BCUT2D eigenvalue weighted by atomic mass is 127. The van der Waals surface area contributed by atoms with Crippen LogP contribution in [0.1, 0.15) is 50.0 Å². The van der Waals surface area contributed by atoms with Gasteiger partial charge in [-0.3, -0.25) is 9.79 Å². The van der Waals surface area contributed by atoms with Crippen LogP contribution in [0.4, 0.5) is 0 Å². The molecule has 1 atom stereocenters. The van der Waals surface area contributed by atoms with E-state index in [1.165, 1.54) is 0 Å². The summed E-state index contributed by atoms with van der Waals surface area (Å²) in [6.07, 6.45) is 1.98. The van der Waals surface area contributed by atoms with Crippen LogP contribution in [0, 0.1) is 5.92 Å². The second kappa shape index (κ2) is 15.5. The van der Waals surface area contributed by atoms with Gasteiger partial charge in [0.2, 0.25) is 0 Å². The summed E-state index contributed by atoms with van der Waals surface area (Å²) in [5, 5.41) is 6.66. The number of nitrogens with zero attached hydrogens (tertiary/aromatic N) is 2. The monoisotopic (exact) mass is 518 g/mol. The zero-order chi connectivity index (χ0) is 20.9. The quantitative estimate of drug-likeness (QED) is 0.267. The summed E-state index contributed by atoms with van der Waals surface area (Å²) in [6, 6.07) is 7.80. The molecule has 0 saturated heterocycles. The molecule has 0 heterocycles. The van der Waals surface area contributed by atoms with E-state index in [1.807, 2.05) is 31.2 Å². The Morgan fingerprint density at radius 2 is 1.93 bits per heavy atom. The molecule has 1 aromatic carbocycles. The first kappa shape index (κ1) is 27.6. The number of guanidine groups is 1. The van der Waals surface area contributed by atoms with Gasteiger partial charge in [-0.05, 0) is 50.3 Å². The van der Waals surface area contributed by atoms with E-state index in [4.69, 9.17) is 4.74 Å². The van der Waals surface area contributed by atoms with E-state index in [-0.39, 0.29) is 36.0 Å². The molecule has 0 aromatic heterocycles. The topological polar surface area (TPSA) is 66.0 Å². The summed E-state index contributed by atoms with van der Waals surface area (Å²) < 4.78 is 5.79. The molecule has 0 radical (unpaired) electrons. The van der Waals surface area contributed by atoms with Crippen molar-refractivity contribution >= 4 is 35.8 Å². The lowest BCUT2D eigenvalue weighted by molar-refractivity contribution is 0.0266. The molecule has 1 rings (SSSR count). The third-order valence-electron chi connectivity index (χ3n) is 4.44. The number of benzene rings is 1. The van der Waals surface area contributed by atoms with Crippen LogP contribution in [0.2, 0.25) is 0 Å². The maximum Gasteiger partial charge on any atom is 0.253 e. The number of amides is 1. The molecule has 0 aliphatic heterocycles. The summed E-state index contributed by atoms with van der Waals surface area (Å²) in [6.45, 7) is 11.5. The van der Waals surface area contributed by atoms with Gasteiger partial charge < -0.3 is 20.3 Å². The normalized spacial score (nSPS) is 12.3. The molecule has 1 unspecified atom stereocenters. The maximum atomic E-state index is 12.1. The summed E-state index contributed by atoms with van der Waals surface area (Å²) in [5.41, 5.74) is 1.85. The Morgan fingerprint density at radius 1 is 1.21 bits per heavy atom. The minimum absolute atomic E-state index is 0. The minimum Gasteiger partial charge on any atom is -0.378 e. The highest BCUT2D eigenvalue weighted by Gasteiger charge is 2.12. The van der Waals surface area contributed by atoms with Crippen LogP contribution in [-0.4, -0.2) is 63.2 Å². The van der Waals surface area contributed by atoms with Gasteiger partial charge in [0.15, 0.2) is 5.96 Å². The molecular formula is C22H39IN4O2. The van der Waals surface area contributed by atoms with Crippen LogP contribution in [0.15, 0.2) is 29.3 Å². The van der Waals surface area contributed by atoms with E-state index in [9.17, 15) is 4.79 Å². The van der Waals surface area contributed by atoms with E-state index in [0.29, 0.717) is 5.92 Å². The predicted molar refractivity (Wildman–Crippen MR) is 132 cm³/mol. The van der Waals surface area contributed by atoms with Crippen molar-refractivity contribution in [1.29, 1.82) is 0 Å². The molecule has 2 N–H and O–H groups in total. The van der Waals surface area contributed by atoms with Crippen LogP contribution >= 0.6 is 24.0 Å². The van der Waals surface area contributed by atoms with Crippen molar-refractivity contribution < 1.29 is 9.53 Å². The van der Waals surface area contributed by atoms with Crippen molar-refractivity contribution in [2.24, 2.45) is 10.9 Å². The van der Waals surface area contributed by atoms with Gasteiger partial charge >= 0.3 is 0 Å². The Balaban J connectivity index is 0.00000784. The SMILES string of the molecule is CCNC(=NCCC(OCC)C(C)C)NCCc1cccc(C(=O)N(C)C)c1.I. The number of aliphatic imine (C=N–C) groups is 1. The van der Waals surface area contributed by atoms with Gasteiger partial charge in [-0.15, -0.1) is 24.0 Å². The summed E-state index contributed by atoms with van der Waals surface area (Å²) >= 11 is 0. The molecule has 0 spiro atoms. The number of rotatable bonds is 11. The summed E-state index contributed by atoms with van der Waals surface area (Å²) in [7, 11) is 3.54. The Morgan fingerprint density at radius 3 is 2.52 bits per heavy atom. The lowest BCUT2D eigenvalue weighted by atomic mass is 10.0. The van der Waals surface area contributed by atoms with Crippen molar-refractivity contribution in [3.8, 4) is 0 Å². The van der Waals surface area contributed by atoms with Gasteiger partial charge in [-0.25, -0.2) is 0 Å². The van der Waals surface area contributed by atoms with Crippen LogP contribution < -0.4 is 10.6 Å². The van der Waals surface area contributed by atoms with Crippen molar-refractivity contribution in [2.75, 3.05) is 40.3 Å². The number of hydrogen-bond donors (Lipinski definition) is 2. The Hall–Kier alpha value is -1.35. The number of ether oxygens (including phenoxy) is 1. The smallest absolute Gasteiger partial charge is 0.253 e. The van der Waals surface area contributed by atoms with Crippen molar-refractivity contribution in [2.45, 2.75) is 46.6 Å². The molecule has 166 valence electrons. The molecule has 1 amide bonds. The summed E-state index contributed by atoms with van der Waals surface area (Å²) in [4.78, 5) is 18.4. The van der Waals surface area contributed by atoms with Gasteiger partial charge in [0.05, 0.1) is 6.10 Å². The third-order valence-corrected chi connectivity index (χ3v) is 4.44. The fraction of sp³-hybridized carbons (Fsp3) is 0.636. The average Bonchev–Trinajstić information content (AvgIpc) is 2.66. The molecule has 0 fully saturated rings. The zero-order valence-corrected chi connectivity index (χ0v) is 21.2. The van der Waals surface area contributed by atoms with Gasteiger partial charge in [0, 0.05) is 45.9 Å². The Bertz CT molecular complexity index is 621. The minimum atomic E-state index is 0. The number of nitrogens with one attached hydrogen (secondary N) is 2. The van der Waals surface area contributed by atoms with Crippen LogP contribution in [0.3, 0.4) is 0 Å². The van der Waals surface area contributed by atoms with Crippen molar-refractivity contribution in [3.05, 3.63) is 35.4 Å². The largest absolute Gasteiger partial charge is 0.378 e. The highest BCUT2D eigenvalue weighted by Crippen LogP contribution is 2.11. The van der Waals surface area contributed by atoms with Crippen LogP contribution in [0.5, 0.6) is 0 Å². The third kappa shape index (κ3) is 10.8. The molecule has 0 aliphatic carbocycles. The Labute approximate surface area is 193 Å². The molecule has 6 nitrogen and oxygen atoms in total. The molecule has 29 heavy (non-hydrogen) atoms. The predicted octanol–water partition coefficient (Wildman–Crippen LogP) is 3.56. The van der Waals surface area contributed by atoms with E-state index in [2.05, 4.69) is 36.4 Å². The number of carbonyl (C=O) groups is 1. The molecule has 0 saturated carbocycles. The van der Waals surface area contributed by atoms with Crippen LogP contribution in [-0.2, 0) is 11.2 Å². The van der Waals surface area contributed by atoms with Gasteiger partial charge in [-0.2, -0.15) is 0 Å². The van der Waals surface area contributed by atoms with Gasteiger partial charge in [-0.1, -0.05) is 26.0 Å². The highest BCUT2D eigenvalue weighted by molar-refractivity contribution is 14.0. The molecule has 0 aliphatic rings. The molecule has 0 bridgehead atoms. The van der Waals surface area contributed by atoms with Gasteiger partial charge in [0.25, 0.3) is 5.91 Å². The fourth-order valence-corrected chi connectivity index (χ4v) is 2.91. The molecular weight excluding hydrogens is 479 g/mol. The first-order chi connectivity index (χ1) is 13.4. The number of carbonyl (C=O) groups excluding carboxylic acids is 1. The van der Waals surface area contributed by atoms with E-state index < -0.39 is 0 Å². The summed E-state index contributed by atoms with van der Waals surface area (Å²) in [5.74, 6) is 1.34. The Kier molecular flexibility index (Phi) is 14.8. The second-order valence-corrected chi connectivity index (χ2v) is 7.36. The van der Waals surface area contributed by atoms with E-state index in [1.54, 1.807) is 19.0 Å². The number of hydrogen-bond acceptors (Lipinski definition) is 3.